The minimum atomic E-state index is -4.48. The maximum atomic E-state index is 13.1. The van der Waals surface area contributed by atoms with Gasteiger partial charge in [-0.3, -0.25) is 9.78 Å². The molecule has 0 aliphatic carbocycles. The molecule has 1 amide bonds. The molecule has 0 saturated carbocycles. The summed E-state index contributed by atoms with van der Waals surface area (Å²) in [7, 11) is 0. The zero-order valence-electron chi connectivity index (χ0n) is 15.1. The van der Waals surface area contributed by atoms with Crippen molar-refractivity contribution in [2.75, 3.05) is 6.54 Å². The van der Waals surface area contributed by atoms with Gasteiger partial charge in [-0.1, -0.05) is 12.2 Å². The predicted octanol–water partition coefficient (Wildman–Crippen LogP) is 4.78. The third kappa shape index (κ3) is 4.22. The summed E-state index contributed by atoms with van der Waals surface area (Å²) in [6, 6.07) is 7.13. The first kappa shape index (κ1) is 20.0. The number of nitrogens with one attached hydrogen (secondary N) is 1. The quantitative estimate of drug-likeness (QED) is 0.622. The van der Waals surface area contributed by atoms with Gasteiger partial charge in [0.15, 0.2) is 0 Å². The maximum absolute atomic E-state index is 13.1. The van der Waals surface area contributed by atoms with Gasteiger partial charge < -0.3 is 9.88 Å². The van der Waals surface area contributed by atoms with E-state index >= 15 is 0 Å². The fraction of sp³-hybridized carbons (Fsp3) is 0.250. The second-order valence-corrected chi connectivity index (χ2v) is 6.66. The highest BCUT2D eigenvalue weighted by Gasteiger charge is 2.30. The average Bonchev–Trinajstić information content (AvgIpc) is 2.68. The predicted molar refractivity (Wildman–Crippen MR) is 104 cm³/mol. The summed E-state index contributed by atoms with van der Waals surface area (Å²) in [6.07, 6.45) is 1.07. The minimum Gasteiger partial charge on any atom is -0.352 e. The van der Waals surface area contributed by atoms with Crippen LogP contribution in [0.2, 0.25) is 0 Å². The number of carbonyl (C=O) groups is 1. The van der Waals surface area contributed by atoms with Crippen molar-refractivity contribution in [3.05, 3.63) is 70.1 Å². The zero-order valence-corrected chi connectivity index (χ0v) is 15.9. The van der Waals surface area contributed by atoms with Crippen LogP contribution in [0.15, 0.2) is 48.9 Å². The normalized spacial score (nSPS) is 11.6. The van der Waals surface area contributed by atoms with Gasteiger partial charge >= 0.3 is 6.18 Å². The fourth-order valence-corrected chi connectivity index (χ4v) is 3.27. The molecule has 3 rings (SSSR count). The van der Waals surface area contributed by atoms with Crippen LogP contribution in [0.3, 0.4) is 0 Å². The Balaban J connectivity index is 1.92. The standard InChI is InChI=1S/C20H18F3N3OS/c1-2-26-12-16(19(27)25-10-7-13-5-8-24-9-6-13)18(28)15-11-14(20(21,22)23)3-4-17(15)26/h3-6,8-9,11-12H,2,7,10H2,1H3,(H,25,27). The Hall–Kier alpha value is -2.74. The van der Waals surface area contributed by atoms with Gasteiger partial charge in [-0.25, -0.2) is 0 Å². The molecule has 3 aromatic rings. The molecule has 0 unspecified atom stereocenters. The molecule has 2 heterocycles. The van der Waals surface area contributed by atoms with Crippen molar-refractivity contribution in [3.8, 4) is 0 Å². The van der Waals surface area contributed by atoms with Crippen LogP contribution in [0.4, 0.5) is 13.2 Å². The van der Waals surface area contributed by atoms with Gasteiger partial charge in [0.05, 0.1) is 15.6 Å². The molecule has 4 nitrogen and oxygen atoms in total. The molecular formula is C20H18F3N3OS. The van der Waals surface area contributed by atoms with Crippen molar-refractivity contribution >= 4 is 29.0 Å². The largest absolute Gasteiger partial charge is 0.416 e. The highest BCUT2D eigenvalue weighted by Crippen LogP contribution is 2.32. The van der Waals surface area contributed by atoms with E-state index < -0.39 is 17.6 Å². The minimum absolute atomic E-state index is 0.118. The first-order valence-electron chi connectivity index (χ1n) is 8.72. The highest BCUT2D eigenvalue weighted by molar-refractivity contribution is 7.71. The van der Waals surface area contributed by atoms with Crippen molar-refractivity contribution in [1.29, 1.82) is 0 Å². The van der Waals surface area contributed by atoms with Crippen molar-refractivity contribution in [3.63, 3.8) is 0 Å². The number of benzene rings is 1. The van der Waals surface area contributed by atoms with E-state index in [0.717, 1.165) is 17.7 Å². The van der Waals surface area contributed by atoms with Crippen LogP contribution < -0.4 is 5.32 Å². The molecule has 0 radical (unpaired) electrons. The molecular weight excluding hydrogens is 387 g/mol. The Morgan fingerprint density at radius 3 is 2.57 bits per heavy atom. The number of hydrogen-bond donors (Lipinski definition) is 1. The highest BCUT2D eigenvalue weighted by atomic mass is 32.1. The number of amides is 1. The molecule has 2 aromatic heterocycles. The topological polar surface area (TPSA) is 46.9 Å². The van der Waals surface area contributed by atoms with Gasteiger partial charge in [-0.05, 0) is 49.2 Å². The second-order valence-electron chi connectivity index (χ2n) is 6.25. The number of pyridine rings is 2. The van der Waals surface area contributed by atoms with Crippen LogP contribution in [-0.2, 0) is 19.1 Å². The van der Waals surface area contributed by atoms with Gasteiger partial charge in [0, 0.05) is 42.6 Å². The van der Waals surface area contributed by atoms with Crippen LogP contribution in [0, 0.1) is 4.51 Å². The molecule has 8 heteroatoms. The summed E-state index contributed by atoms with van der Waals surface area (Å²) in [5, 5.41) is 3.03. The number of alkyl halides is 3. The number of hydrogen-bond acceptors (Lipinski definition) is 3. The third-order valence-electron chi connectivity index (χ3n) is 4.44. The van der Waals surface area contributed by atoms with Gasteiger partial charge in [0.25, 0.3) is 5.91 Å². The zero-order chi connectivity index (χ0) is 20.3. The Labute approximate surface area is 165 Å². The second kappa shape index (κ2) is 8.10. The SMILES string of the molecule is CCn1cc(C(=O)NCCc2ccncc2)c(=S)c2cc(C(F)(F)F)ccc21. The molecule has 0 bridgehead atoms. The number of nitrogens with zero attached hydrogens (tertiary/aromatic N) is 2. The summed E-state index contributed by atoms with van der Waals surface area (Å²) < 4.78 is 41.1. The first-order valence-corrected chi connectivity index (χ1v) is 9.13. The van der Waals surface area contributed by atoms with E-state index in [2.05, 4.69) is 10.3 Å². The number of aryl methyl sites for hydroxylation is 1. The number of rotatable bonds is 5. The molecule has 0 saturated heterocycles. The molecule has 1 N–H and O–H groups in total. The van der Waals surface area contributed by atoms with E-state index in [-0.39, 0.29) is 15.5 Å². The summed E-state index contributed by atoms with van der Waals surface area (Å²) >= 11 is 5.35. The number of carbonyl (C=O) groups excluding carboxylic acids is 1. The van der Waals surface area contributed by atoms with E-state index in [1.54, 1.807) is 23.2 Å². The summed E-state index contributed by atoms with van der Waals surface area (Å²) in [4.78, 5) is 16.6. The van der Waals surface area contributed by atoms with Gasteiger partial charge in [-0.2, -0.15) is 13.2 Å². The van der Waals surface area contributed by atoms with Crippen molar-refractivity contribution in [1.82, 2.24) is 14.9 Å². The first-order chi connectivity index (χ1) is 13.3. The molecule has 1 aromatic carbocycles. The Morgan fingerprint density at radius 1 is 1.21 bits per heavy atom. The smallest absolute Gasteiger partial charge is 0.352 e. The Bertz CT molecular complexity index is 1060. The maximum Gasteiger partial charge on any atom is 0.416 e. The fourth-order valence-electron chi connectivity index (χ4n) is 2.96. The molecule has 28 heavy (non-hydrogen) atoms. The average molecular weight is 405 g/mol. The van der Waals surface area contributed by atoms with Crippen molar-refractivity contribution < 1.29 is 18.0 Å². The van der Waals surface area contributed by atoms with Crippen molar-refractivity contribution in [2.45, 2.75) is 26.1 Å². The van der Waals surface area contributed by atoms with Crippen molar-refractivity contribution in [2.24, 2.45) is 0 Å². The third-order valence-corrected chi connectivity index (χ3v) is 4.88. The molecule has 146 valence electrons. The summed E-state index contributed by atoms with van der Waals surface area (Å²) in [6.45, 7) is 2.73. The molecule has 0 fully saturated rings. The number of fused-ring (bicyclic) bond motifs is 1. The molecule has 0 spiro atoms. The lowest BCUT2D eigenvalue weighted by Gasteiger charge is -2.15. The van der Waals surface area contributed by atoms with E-state index in [1.165, 1.54) is 6.07 Å². The lowest BCUT2D eigenvalue weighted by atomic mass is 10.1. The van der Waals surface area contributed by atoms with Crippen LogP contribution in [0.1, 0.15) is 28.4 Å². The van der Waals surface area contributed by atoms with Gasteiger partial charge in [0.1, 0.15) is 0 Å². The van der Waals surface area contributed by atoms with Crippen LogP contribution in [0.25, 0.3) is 10.9 Å². The number of aromatic nitrogens is 2. The van der Waals surface area contributed by atoms with E-state index in [0.29, 0.717) is 25.0 Å². The van der Waals surface area contributed by atoms with Crippen LogP contribution in [0.5, 0.6) is 0 Å². The van der Waals surface area contributed by atoms with Crippen LogP contribution >= 0.6 is 12.2 Å². The van der Waals surface area contributed by atoms with E-state index in [1.807, 2.05) is 19.1 Å². The Kier molecular flexibility index (Phi) is 5.79. The van der Waals surface area contributed by atoms with Gasteiger partial charge in [-0.15, -0.1) is 0 Å². The lowest BCUT2D eigenvalue weighted by molar-refractivity contribution is -0.137. The molecule has 0 aliphatic rings. The molecule has 0 aliphatic heterocycles. The molecule has 0 atom stereocenters. The van der Waals surface area contributed by atoms with E-state index in [4.69, 9.17) is 12.2 Å². The van der Waals surface area contributed by atoms with Crippen LogP contribution in [-0.4, -0.2) is 22.0 Å². The van der Waals surface area contributed by atoms with Gasteiger partial charge in [0.2, 0.25) is 0 Å². The van der Waals surface area contributed by atoms with E-state index in [9.17, 15) is 18.0 Å². The summed E-state index contributed by atoms with van der Waals surface area (Å²) in [5.41, 5.74) is 0.988. The Morgan fingerprint density at radius 2 is 1.93 bits per heavy atom. The lowest BCUT2D eigenvalue weighted by Crippen LogP contribution is -2.26. The number of halogens is 3. The monoisotopic (exact) mass is 405 g/mol. The summed E-state index contributed by atoms with van der Waals surface area (Å²) in [5.74, 6) is -0.402.